The smallest absolute Gasteiger partial charge is 0.0574 e. The Hall–Kier alpha value is -2.63. The van der Waals surface area contributed by atoms with Crippen LogP contribution in [0, 0.1) is 0 Å². The molecular weight excluding hydrogens is 524 g/mol. The standard InChI is InChI=1S/C36H52N2O2S/c1-5-9-26-37(27-10-6-2)33-22-18-31(19-23-33)35(30-16-14-13-15-17-30)36(41(39)40)32-20-24-34(25-21-32)38(28-11-7-3)29-12-8-4/h13-25,35-36H,5-12,26-29H2,1-4H3,(H,39,40)/p-1. The lowest BCUT2D eigenvalue weighted by molar-refractivity contribution is 0.515. The van der Waals surface area contributed by atoms with Gasteiger partial charge in [0.2, 0.25) is 0 Å². The first kappa shape index (κ1) is 32.9. The predicted octanol–water partition coefficient (Wildman–Crippen LogP) is 9.25. The van der Waals surface area contributed by atoms with E-state index in [4.69, 9.17) is 0 Å². The van der Waals surface area contributed by atoms with Crippen LogP contribution in [0.2, 0.25) is 0 Å². The minimum Gasteiger partial charge on any atom is -0.772 e. The average molecular weight is 576 g/mol. The molecule has 3 rings (SSSR count). The molecule has 0 aromatic heterocycles. The van der Waals surface area contributed by atoms with Crippen LogP contribution in [0.15, 0.2) is 78.9 Å². The van der Waals surface area contributed by atoms with Gasteiger partial charge in [-0.1, -0.05) is 108 Å². The summed E-state index contributed by atoms with van der Waals surface area (Å²) in [4.78, 5) is 4.91. The van der Waals surface area contributed by atoms with Crippen molar-refractivity contribution in [1.82, 2.24) is 0 Å². The molecule has 0 N–H and O–H groups in total. The van der Waals surface area contributed by atoms with Crippen molar-refractivity contribution in [2.75, 3.05) is 36.0 Å². The SMILES string of the molecule is CCCCN(CCCC)c1ccc(C(c2ccccc2)C(c2ccc(N(CCCC)CCCC)cc2)S(=O)[O-])cc1. The lowest BCUT2D eigenvalue weighted by atomic mass is 9.85. The molecule has 3 aromatic rings. The Bertz CT molecular complexity index is 1120. The molecule has 0 spiro atoms. The van der Waals surface area contributed by atoms with Gasteiger partial charge in [-0.2, -0.15) is 0 Å². The van der Waals surface area contributed by atoms with Gasteiger partial charge in [-0.25, -0.2) is 0 Å². The number of hydrogen-bond donors (Lipinski definition) is 0. The molecule has 0 bridgehead atoms. The van der Waals surface area contributed by atoms with Crippen LogP contribution in [0.1, 0.15) is 107 Å². The summed E-state index contributed by atoms with van der Waals surface area (Å²) in [6.07, 6.45) is 9.29. The molecule has 0 fully saturated rings. The summed E-state index contributed by atoms with van der Waals surface area (Å²) in [6.45, 7) is 13.1. The molecule has 0 aliphatic carbocycles. The first-order valence-corrected chi connectivity index (χ1v) is 17.0. The van der Waals surface area contributed by atoms with Crippen LogP contribution in [0.3, 0.4) is 0 Å². The molecule has 4 nitrogen and oxygen atoms in total. The van der Waals surface area contributed by atoms with Gasteiger partial charge in [-0.15, -0.1) is 0 Å². The van der Waals surface area contributed by atoms with E-state index < -0.39 is 16.3 Å². The van der Waals surface area contributed by atoms with Crippen molar-refractivity contribution < 1.29 is 8.76 Å². The van der Waals surface area contributed by atoms with Crippen molar-refractivity contribution >= 4 is 22.5 Å². The highest BCUT2D eigenvalue weighted by Crippen LogP contribution is 2.41. The zero-order chi connectivity index (χ0) is 29.5. The molecule has 0 aliphatic heterocycles. The minimum atomic E-state index is -2.31. The van der Waals surface area contributed by atoms with Gasteiger partial charge in [-0.3, -0.25) is 4.21 Å². The van der Waals surface area contributed by atoms with Gasteiger partial charge < -0.3 is 14.4 Å². The van der Waals surface area contributed by atoms with Crippen molar-refractivity contribution in [3.8, 4) is 0 Å². The molecule has 0 saturated carbocycles. The fourth-order valence-electron chi connectivity index (χ4n) is 5.52. The Labute approximate surface area is 252 Å². The highest BCUT2D eigenvalue weighted by atomic mass is 32.2. The van der Waals surface area contributed by atoms with Crippen molar-refractivity contribution in [2.24, 2.45) is 0 Å². The van der Waals surface area contributed by atoms with Crippen molar-refractivity contribution in [2.45, 2.75) is 90.2 Å². The molecule has 224 valence electrons. The summed E-state index contributed by atoms with van der Waals surface area (Å²) in [7, 11) is 0. The van der Waals surface area contributed by atoms with E-state index in [0.29, 0.717) is 0 Å². The van der Waals surface area contributed by atoms with Gasteiger partial charge in [0.25, 0.3) is 0 Å². The van der Waals surface area contributed by atoms with Crippen LogP contribution < -0.4 is 9.80 Å². The summed E-state index contributed by atoms with van der Waals surface area (Å²) < 4.78 is 26.0. The maximum Gasteiger partial charge on any atom is 0.0574 e. The Morgan fingerprint density at radius 2 is 0.927 bits per heavy atom. The number of hydrogen-bond acceptors (Lipinski definition) is 4. The molecule has 3 aromatic carbocycles. The first-order chi connectivity index (χ1) is 20.0. The fourth-order valence-corrected chi connectivity index (χ4v) is 6.44. The van der Waals surface area contributed by atoms with Crippen LogP contribution in [-0.2, 0) is 11.1 Å². The van der Waals surface area contributed by atoms with Crippen LogP contribution in [0.4, 0.5) is 11.4 Å². The number of benzene rings is 3. The summed E-state index contributed by atoms with van der Waals surface area (Å²) in [6, 6.07) is 27.0. The van der Waals surface area contributed by atoms with Gasteiger partial charge >= 0.3 is 0 Å². The van der Waals surface area contributed by atoms with E-state index in [1.165, 1.54) is 37.1 Å². The normalized spacial score (nSPS) is 13.5. The minimum absolute atomic E-state index is 0.301. The molecule has 0 heterocycles. The molecule has 0 amide bonds. The third-order valence-electron chi connectivity index (χ3n) is 8.00. The molecule has 5 heteroatoms. The van der Waals surface area contributed by atoms with E-state index in [9.17, 15) is 8.76 Å². The van der Waals surface area contributed by atoms with Crippen molar-refractivity contribution in [1.29, 1.82) is 0 Å². The topological polar surface area (TPSA) is 46.6 Å². The van der Waals surface area contributed by atoms with Crippen molar-refractivity contribution in [3.63, 3.8) is 0 Å². The lowest BCUT2D eigenvalue weighted by Crippen LogP contribution is -2.26. The molecule has 3 unspecified atom stereocenters. The van der Waals surface area contributed by atoms with E-state index in [0.717, 1.165) is 68.6 Å². The third-order valence-corrected chi connectivity index (χ3v) is 8.96. The Balaban J connectivity index is 1.97. The Kier molecular flexibility index (Phi) is 14.5. The van der Waals surface area contributed by atoms with Crippen LogP contribution >= 0.6 is 0 Å². The maximum absolute atomic E-state index is 13.0. The maximum atomic E-state index is 13.0. The molecular formula is C36H51N2O2S-. The monoisotopic (exact) mass is 575 g/mol. The second kappa shape index (κ2) is 18.0. The molecule has 0 radical (unpaired) electrons. The summed E-state index contributed by atoms with van der Waals surface area (Å²) in [5.41, 5.74) is 5.26. The Morgan fingerprint density at radius 3 is 1.29 bits per heavy atom. The van der Waals surface area contributed by atoms with Gasteiger partial charge in [0.05, 0.1) is 5.25 Å². The average Bonchev–Trinajstić information content (AvgIpc) is 3.01. The number of nitrogens with zero attached hydrogens (tertiary/aromatic N) is 2. The van der Waals surface area contributed by atoms with Gasteiger partial charge in [-0.05, 0) is 77.7 Å². The second-order valence-corrected chi connectivity index (χ2v) is 12.2. The largest absolute Gasteiger partial charge is 0.772 e. The van der Waals surface area contributed by atoms with Crippen LogP contribution in [0.25, 0.3) is 0 Å². The number of unbranched alkanes of at least 4 members (excludes halogenated alkanes) is 4. The zero-order valence-electron chi connectivity index (χ0n) is 25.8. The highest BCUT2D eigenvalue weighted by Gasteiger charge is 2.28. The summed E-state index contributed by atoms with van der Waals surface area (Å²) in [5.74, 6) is -0.301. The van der Waals surface area contributed by atoms with Gasteiger partial charge in [0.15, 0.2) is 0 Å². The molecule has 0 saturated heterocycles. The van der Waals surface area contributed by atoms with Crippen LogP contribution in [0.5, 0.6) is 0 Å². The number of anilines is 2. The predicted molar refractivity (Wildman–Crippen MR) is 177 cm³/mol. The highest BCUT2D eigenvalue weighted by molar-refractivity contribution is 7.79. The van der Waals surface area contributed by atoms with Crippen LogP contribution in [-0.4, -0.2) is 34.9 Å². The van der Waals surface area contributed by atoms with E-state index in [2.05, 4.69) is 86.0 Å². The van der Waals surface area contributed by atoms with Crippen molar-refractivity contribution in [3.05, 3.63) is 95.6 Å². The van der Waals surface area contributed by atoms with Gasteiger partial charge in [0.1, 0.15) is 0 Å². The lowest BCUT2D eigenvalue weighted by Gasteiger charge is -2.32. The van der Waals surface area contributed by atoms with E-state index >= 15 is 0 Å². The van der Waals surface area contributed by atoms with E-state index in [-0.39, 0.29) is 5.92 Å². The van der Waals surface area contributed by atoms with E-state index in [1.54, 1.807) is 0 Å². The first-order valence-electron chi connectivity index (χ1n) is 15.9. The molecule has 41 heavy (non-hydrogen) atoms. The Morgan fingerprint density at radius 1 is 0.561 bits per heavy atom. The zero-order valence-corrected chi connectivity index (χ0v) is 26.6. The number of rotatable bonds is 19. The van der Waals surface area contributed by atoms with E-state index in [1.807, 2.05) is 30.3 Å². The van der Waals surface area contributed by atoms with Gasteiger partial charge in [0, 0.05) is 43.5 Å². The molecule has 0 aliphatic rings. The quantitative estimate of drug-likeness (QED) is 0.134. The third kappa shape index (κ3) is 9.72. The summed E-state index contributed by atoms with van der Waals surface area (Å²) >= 11 is -2.31. The fraction of sp³-hybridized carbons (Fsp3) is 0.500. The molecule has 3 atom stereocenters. The summed E-state index contributed by atoms with van der Waals surface area (Å²) in [5, 5.41) is -0.687. The second-order valence-electron chi connectivity index (χ2n) is 11.1.